The number of nitrogens with one attached hydrogen (secondary N) is 2. The summed E-state index contributed by atoms with van der Waals surface area (Å²) in [5.41, 5.74) is 4.17. The highest BCUT2D eigenvalue weighted by atomic mass is 16.5. The van der Waals surface area contributed by atoms with Crippen LogP contribution in [0.1, 0.15) is 11.1 Å². The van der Waals surface area contributed by atoms with Gasteiger partial charge in [-0.1, -0.05) is 48.5 Å². The summed E-state index contributed by atoms with van der Waals surface area (Å²) < 4.78 is 5.62. The molecule has 3 aromatic carbocycles. The van der Waals surface area contributed by atoms with Gasteiger partial charge in [0.05, 0.1) is 0 Å². The number of carbonyl (C=O) groups excluding carboxylic acids is 1. The van der Waals surface area contributed by atoms with E-state index in [2.05, 4.69) is 29.7 Å². The predicted molar refractivity (Wildman–Crippen MR) is 106 cm³/mol. The average Bonchev–Trinajstić information content (AvgIpc) is 2.67. The number of rotatable bonds is 7. The van der Waals surface area contributed by atoms with Crippen LogP contribution in [0, 0.1) is 6.92 Å². The van der Waals surface area contributed by atoms with Crippen molar-refractivity contribution < 1.29 is 9.53 Å². The number of benzene rings is 3. The van der Waals surface area contributed by atoms with Crippen molar-refractivity contribution in [2.45, 2.75) is 13.5 Å². The molecule has 132 valence electrons. The fraction of sp³-hybridized carbons (Fsp3) is 0.136. The minimum absolute atomic E-state index is 0.0242. The normalized spacial score (nSPS) is 10.2. The first-order valence-electron chi connectivity index (χ1n) is 8.57. The van der Waals surface area contributed by atoms with E-state index in [1.54, 1.807) is 0 Å². The number of anilines is 2. The predicted octanol–water partition coefficient (Wildman–Crippen LogP) is 4.62. The van der Waals surface area contributed by atoms with E-state index in [0.717, 1.165) is 16.9 Å². The lowest BCUT2D eigenvalue weighted by Crippen LogP contribution is -2.20. The van der Waals surface area contributed by atoms with Crippen LogP contribution in [0.3, 0.4) is 0 Å². The molecule has 0 bridgehead atoms. The second kappa shape index (κ2) is 8.72. The summed E-state index contributed by atoms with van der Waals surface area (Å²) in [6.07, 6.45) is 0. The molecule has 2 N–H and O–H groups in total. The van der Waals surface area contributed by atoms with E-state index in [1.807, 2.05) is 66.7 Å². The van der Waals surface area contributed by atoms with Gasteiger partial charge in [-0.25, -0.2) is 0 Å². The lowest BCUT2D eigenvalue weighted by atomic mass is 10.1. The molecule has 0 heterocycles. The molecule has 0 radical (unpaired) electrons. The molecule has 0 aliphatic heterocycles. The van der Waals surface area contributed by atoms with Crippen LogP contribution in [-0.2, 0) is 11.3 Å². The fourth-order valence-electron chi connectivity index (χ4n) is 2.58. The second-order valence-corrected chi connectivity index (χ2v) is 6.02. The zero-order chi connectivity index (χ0) is 18.2. The first-order chi connectivity index (χ1) is 12.7. The number of para-hydroxylation sites is 2. The minimum atomic E-state index is -0.181. The van der Waals surface area contributed by atoms with Crippen molar-refractivity contribution in [3.63, 3.8) is 0 Å². The Morgan fingerprint density at radius 2 is 1.69 bits per heavy atom. The lowest BCUT2D eigenvalue weighted by molar-refractivity contribution is -0.118. The number of amides is 1. The van der Waals surface area contributed by atoms with Crippen molar-refractivity contribution in [3.8, 4) is 5.75 Å². The molecule has 0 aromatic heterocycles. The van der Waals surface area contributed by atoms with Gasteiger partial charge in [0.2, 0.25) is 0 Å². The molecule has 0 aliphatic carbocycles. The molecule has 26 heavy (non-hydrogen) atoms. The summed E-state index contributed by atoms with van der Waals surface area (Å²) in [7, 11) is 0. The Kier molecular flexibility index (Phi) is 5.88. The van der Waals surface area contributed by atoms with Crippen molar-refractivity contribution in [2.24, 2.45) is 0 Å². The molecule has 1 amide bonds. The highest BCUT2D eigenvalue weighted by Gasteiger charge is 2.04. The molecule has 0 unspecified atom stereocenters. The van der Waals surface area contributed by atoms with Crippen molar-refractivity contribution in [2.75, 3.05) is 17.2 Å². The van der Waals surface area contributed by atoms with Gasteiger partial charge in [-0.3, -0.25) is 4.79 Å². The largest absolute Gasteiger partial charge is 0.484 e. The van der Waals surface area contributed by atoms with E-state index in [9.17, 15) is 4.79 Å². The van der Waals surface area contributed by atoms with Crippen LogP contribution < -0.4 is 15.4 Å². The molecule has 3 rings (SSSR count). The molecule has 0 saturated heterocycles. The lowest BCUT2D eigenvalue weighted by Gasteiger charge is -2.11. The van der Waals surface area contributed by atoms with Crippen molar-refractivity contribution in [1.29, 1.82) is 0 Å². The van der Waals surface area contributed by atoms with Gasteiger partial charge in [0.25, 0.3) is 5.91 Å². The maximum Gasteiger partial charge on any atom is 0.262 e. The highest BCUT2D eigenvalue weighted by molar-refractivity contribution is 5.91. The van der Waals surface area contributed by atoms with Gasteiger partial charge in [0, 0.05) is 17.9 Å². The molecule has 0 fully saturated rings. The average molecular weight is 346 g/mol. The summed E-state index contributed by atoms with van der Waals surface area (Å²) in [6, 6.07) is 25.3. The topological polar surface area (TPSA) is 50.4 Å². The Labute approximate surface area is 153 Å². The second-order valence-electron chi connectivity index (χ2n) is 6.02. The molecule has 0 saturated carbocycles. The van der Waals surface area contributed by atoms with Crippen LogP contribution in [0.5, 0.6) is 5.75 Å². The first kappa shape index (κ1) is 17.5. The van der Waals surface area contributed by atoms with Crippen LogP contribution in [-0.4, -0.2) is 12.5 Å². The summed E-state index contributed by atoms with van der Waals surface area (Å²) in [5, 5.41) is 6.22. The van der Waals surface area contributed by atoms with Gasteiger partial charge >= 0.3 is 0 Å². The molecular weight excluding hydrogens is 324 g/mol. The molecule has 0 aliphatic rings. The number of carbonyl (C=O) groups is 1. The van der Waals surface area contributed by atoms with Crippen LogP contribution in [0.2, 0.25) is 0 Å². The standard InChI is InChI=1S/C22H22N2O2/c1-17-8-5-6-13-21(17)23-15-18-9-7-12-20(14-18)26-16-22(25)24-19-10-3-2-4-11-19/h2-14,23H,15-16H2,1H3,(H,24,25). The maximum absolute atomic E-state index is 12.0. The van der Waals surface area contributed by atoms with Crippen LogP contribution in [0.4, 0.5) is 11.4 Å². The third-order valence-corrected chi connectivity index (χ3v) is 3.95. The number of hydrogen-bond donors (Lipinski definition) is 2. The summed E-state index contributed by atoms with van der Waals surface area (Å²) >= 11 is 0. The van der Waals surface area contributed by atoms with Gasteiger partial charge in [-0.2, -0.15) is 0 Å². The Morgan fingerprint density at radius 1 is 0.923 bits per heavy atom. The minimum Gasteiger partial charge on any atom is -0.484 e. The summed E-state index contributed by atoms with van der Waals surface area (Å²) in [4.78, 5) is 12.0. The summed E-state index contributed by atoms with van der Waals surface area (Å²) in [6.45, 7) is 2.75. The Hall–Kier alpha value is -3.27. The van der Waals surface area contributed by atoms with Crippen LogP contribution in [0.15, 0.2) is 78.9 Å². The molecule has 4 heteroatoms. The van der Waals surface area contributed by atoms with E-state index in [0.29, 0.717) is 12.3 Å². The molecule has 0 atom stereocenters. The highest BCUT2D eigenvalue weighted by Crippen LogP contribution is 2.17. The third kappa shape index (κ3) is 5.11. The van der Waals surface area contributed by atoms with Crippen LogP contribution >= 0.6 is 0 Å². The Balaban J connectivity index is 1.52. The van der Waals surface area contributed by atoms with Crippen molar-refractivity contribution in [1.82, 2.24) is 0 Å². The number of aryl methyl sites for hydroxylation is 1. The fourth-order valence-corrected chi connectivity index (χ4v) is 2.58. The third-order valence-electron chi connectivity index (χ3n) is 3.95. The van der Waals surface area contributed by atoms with Crippen molar-refractivity contribution >= 4 is 17.3 Å². The number of hydrogen-bond acceptors (Lipinski definition) is 3. The maximum atomic E-state index is 12.0. The van der Waals surface area contributed by atoms with Gasteiger partial charge in [-0.15, -0.1) is 0 Å². The Bertz CT molecular complexity index is 863. The molecule has 0 spiro atoms. The smallest absolute Gasteiger partial charge is 0.262 e. The van der Waals surface area contributed by atoms with Gasteiger partial charge in [0.1, 0.15) is 5.75 Å². The van der Waals surface area contributed by atoms with E-state index < -0.39 is 0 Å². The Morgan fingerprint density at radius 3 is 2.50 bits per heavy atom. The monoisotopic (exact) mass is 346 g/mol. The SMILES string of the molecule is Cc1ccccc1NCc1cccc(OCC(=O)Nc2ccccc2)c1. The van der Waals surface area contributed by atoms with Gasteiger partial charge in [-0.05, 0) is 48.4 Å². The summed E-state index contributed by atoms with van der Waals surface area (Å²) in [5.74, 6) is 0.497. The number of ether oxygens (including phenoxy) is 1. The zero-order valence-electron chi connectivity index (χ0n) is 14.7. The molecule has 3 aromatic rings. The van der Waals surface area contributed by atoms with E-state index in [-0.39, 0.29) is 12.5 Å². The molecule has 4 nitrogen and oxygen atoms in total. The van der Waals surface area contributed by atoms with Crippen molar-refractivity contribution in [3.05, 3.63) is 90.0 Å². The quantitative estimate of drug-likeness (QED) is 0.656. The van der Waals surface area contributed by atoms with E-state index in [1.165, 1.54) is 5.56 Å². The van der Waals surface area contributed by atoms with E-state index in [4.69, 9.17) is 4.74 Å². The van der Waals surface area contributed by atoms with Gasteiger partial charge in [0.15, 0.2) is 6.61 Å². The van der Waals surface area contributed by atoms with Crippen LogP contribution in [0.25, 0.3) is 0 Å². The van der Waals surface area contributed by atoms with E-state index >= 15 is 0 Å². The zero-order valence-corrected chi connectivity index (χ0v) is 14.7. The van der Waals surface area contributed by atoms with Gasteiger partial charge < -0.3 is 15.4 Å². The first-order valence-corrected chi connectivity index (χ1v) is 8.57. The molecular formula is C22H22N2O2.